The van der Waals surface area contributed by atoms with E-state index in [9.17, 15) is 4.79 Å². The first-order valence-corrected chi connectivity index (χ1v) is 7.30. The molecule has 100 valence electrons. The molecule has 0 radical (unpaired) electrons. The van der Waals surface area contributed by atoms with Crippen LogP contribution in [-0.4, -0.2) is 11.1 Å². The van der Waals surface area contributed by atoms with E-state index in [-0.39, 0.29) is 0 Å². The van der Waals surface area contributed by atoms with Crippen molar-refractivity contribution in [2.24, 2.45) is 0 Å². The molecule has 1 heterocycles. The molecule has 0 spiro atoms. The molecular formula is C14H13BrO3S. The smallest absolute Gasteiger partial charge is 0.335 e. The molecule has 2 rings (SSSR count). The Bertz CT molecular complexity index is 596. The molecule has 2 aromatic rings. The summed E-state index contributed by atoms with van der Waals surface area (Å²) in [6.07, 6.45) is 0. The molecule has 0 bridgehead atoms. The van der Waals surface area contributed by atoms with E-state index in [2.05, 4.69) is 15.9 Å². The summed E-state index contributed by atoms with van der Waals surface area (Å²) in [5.74, 6) is -0.158. The van der Waals surface area contributed by atoms with Gasteiger partial charge in [-0.3, -0.25) is 0 Å². The van der Waals surface area contributed by atoms with Gasteiger partial charge in [0.2, 0.25) is 0 Å². The minimum Gasteiger partial charge on any atom is -0.488 e. The summed E-state index contributed by atoms with van der Waals surface area (Å²) < 4.78 is 6.87. The van der Waals surface area contributed by atoms with Crippen LogP contribution in [0.25, 0.3) is 0 Å². The van der Waals surface area contributed by atoms with Crippen molar-refractivity contribution < 1.29 is 14.6 Å². The Balaban J connectivity index is 2.18. The number of aromatic carboxylic acids is 1. The van der Waals surface area contributed by atoms with Crippen molar-refractivity contribution in [2.45, 2.75) is 20.5 Å². The van der Waals surface area contributed by atoms with Gasteiger partial charge in [0.1, 0.15) is 12.4 Å². The van der Waals surface area contributed by atoms with Gasteiger partial charge in [0, 0.05) is 4.88 Å². The van der Waals surface area contributed by atoms with Gasteiger partial charge in [0.05, 0.1) is 9.35 Å². The Morgan fingerprint density at radius 2 is 1.95 bits per heavy atom. The quantitative estimate of drug-likeness (QED) is 0.896. The van der Waals surface area contributed by atoms with Crippen molar-refractivity contribution in [3.8, 4) is 5.75 Å². The molecule has 0 aliphatic rings. The van der Waals surface area contributed by atoms with Crippen molar-refractivity contribution in [3.63, 3.8) is 0 Å². The number of carboxylic acids is 1. The second-order valence-electron chi connectivity index (χ2n) is 4.24. The third-order valence-corrected chi connectivity index (χ3v) is 4.29. The van der Waals surface area contributed by atoms with E-state index in [1.165, 1.54) is 0 Å². The maximum absolute atomic E-state index is 11.0. The highest BCUT2D eigenvalue weighted by Crippen LogP contribution is 2.28. The zero-order valence-corrected chi connectivity index (χ0v) is 13.0. The van der Waals surface area contributed by atoms with Crippen LogP contribution < -0.4 is 4.74 Å². The van der Waals surface area contributed by atoms with Crippen molar-refractivity contribution in [2.75, 3.05) is 0 Å². The topological polar surface area (TPSA) is 46.5 Å². The third-order valence-electron chi connectivity index (χ3n) is 2.69. The first kappa shape index (κ1) is 14.1. The van der Waals surface area contributed by atoms with Gasteiger partial charge in [-0.25, -0.2) is 4.79 Å². The SMILES string of the molecule is Cc1cc(C(=O)O)cc(C)c1OCc1ccc(Br)s1. The van der Waals surface area contributed by atoms with Gasteiger partial charge >= 0.3 is 5.97 Å². The average molecular weight is 341 g/mol. The second kappa shape index (κ2) is 5.75. The molecule has 0 amide bonds. The number of halogens is 1. The molecule has 0 aliphatic heterocycles. The highest BCUT2D eigenvalue weighted by atomic mass is 79.9. The average Bonchev–Trinajstić information content (AvgIpc) is 2.73. The summed E-state index contributed by atoms with van der Waals surface area (Å²) >= 11 is 5.03. The van der Waals surface area contributed by atoms with Gasteiger partial charge in [-0.05, 0) is 65.2 Å². The fraction of sp³-hybridized carbons (Fsp3) is 0.214. The van der Waals surface area contributed by atoms with E-state index >= 15 is 0 Å². The van der Waals surface area contributed by atoms with Crippen LogP contribution in [-0.2, 0) is 6.61 Å². The Morgan fingerprint density at radius 1 is 1.32 bits per heavy atom. The van der Waals surface area contributed by atoms with Gasteiger partial charge in [0.25, 0.3) is 0 Å². The summed E-state index contributed by atoms with van der Waals surface area (Å²) in [7, 11) is 0. The molecule has 0 atom stereocenters. The number of carboxylic acid groups (broad SMARTS) is 1. The molecule has 19 heavy (non-hydrogen) atoms. The molecule has 1 N–H and O–H groups in total. The largest absolute Gasteiger partial charge is 0.488 e. The van der Waals surface area contributed by atoms with Crippen LogP contribution in [0.3, 0.4) is 0 Å². The fourth-order valence-electron chi connectivity index (χ4n) is 1.87. The Morgan fingerprint density at radius 3 is 2.42 bits per heavy atom. The van der Waals surface area contributed by atoms with E-state index in [0.717, 1.165) is 25.5 Å². The van der Waals surface area contributed by atoms with Crippen molar-refractivity contribution in [1.82, 2.24) is 0 Å². The summed E-state index contributed by atoms with van der Waals surface area (Å²) in [6.45, 7) is 4.21. The lowest BCUT2D eigenvalue weighted by atomic mass is 10.1. The summed E-state index contributed by atoms with van der Waals surface area (Å²) in [4.78, 5) is 12.1. The third kappa shape index (κ3) is 3.36. The number of hydrogen-bond donors (Lipinski definition) is 1. The lowest BCUT2D eigenvalue weighted by Gasteiger charge is -2.12. The van der Waals surface area contributed by atoms with Crippen LogP contribution in [0.4, 0.5) is 0 Å². The molecule has 1 aromatic carbocycles. The maximum atomic E-state index is 11.0. The van der Waals surface area contributed by atoms with Crippen molar-refractivity contribution >= 4 is 33.2 Å². The summed E-state index contributed by atoms with van der Waals surface area (Å²) in [5.41, 5.74) is 1.97. The zero-order chi connectivity index (χ0) is 14.0. The van der Waals surface area contributed by atoms with Crippen LogP contribution >= 0.6 is 27.3 Å². The van der Waals surface area contributed by atoms with Crippen molar-refractivity contribution in [3.05, 3.63) is 49.6 Å². The minimum atomic E-state index is -0.917. The normalized spacial score (nSPS) is 10.5. The number of benzene rings is 1. The van der Waals surface area contributed by atoms with Gasteiger partial charge in [-0.15, -0.1) is 11.3 Å². The zero-order valence-electron chi connectivity index (χ0n) is 10.6. The monoisotopic (exact) mass is 340 g/mol. The molecular weight excluding hydrogens is 328 g/mol. The lowest BCUT2D eigenvalue weighted by Crippen LogP contribution is -2.02. The number of ether oxygens (including phenoxy) is 1. The van der Waals surface area contributed by atoms with Crippen LogP contribution in [0.1, 0.15) is 26.4 Å². The molecule has 3 nitrogen and oxygen atoms in total. The number of carbonyl (C=O) groups is 1. The summed E-state index contributed by atoms with van der Waals surface area (Å²) in [6, 6.07) is 7.26. The molecule has 0 saturated carbocycles. The fourth-order valence-corrected chi connectivity index (χ4v) is 3.27. The molecule has 0 aliphatic carbocycles. The number of hydrogen-bond acceptors (Lipinski definition) is 3. The Kier molecular flexibility index (Phi) is 4.27. The lowest BCUT2D eigenvalue weighted by molar-refractivity contribution is 0.0696. The first-order valence-electron chi connectivity index (χ1n) is 5.69. The molecule has 1 aromatic heterocycles. The first-order chi connectivity index (χ1) is 8.97. The molecule has 5 heteroatoms. The van der Waals surface area contributed by atoms with E-state index in [1.54, 1.807) is 23.5 Å². The van der Waals surface area contributed by atoms with Gasteiger partial charge in [-0.2, -0.15) is 0 Å². The highest BCUT2D eigenvalue weighted by Gasteiger charge is 2.11. The highest BCUT2D eigenvalue weighted by molar-refractivity contribution is 9.11. The van der Waals surface area contributed by atoms with E-state index in [1.807, 2.05) is 26.0 Å². The van der Waals surface area contributed by atoms with Gasteiger partial charge < -0.3 is 9.84 Å². The number of aryl methyl sites for hydroxylation is 2. The van der Waals surface area contributed by atoms with E-state index in [0.29, 0.717) is 12.2 Å². The predicted octanol–water partition coefficient (Wildman–Crippen LogP) is 4.40. The molecule has 0 unspecified atom stereocenters. The Hall–Kier alpha value is -1.33. The Labute approximate surface area is 124 Å². The maximum Gasteiger partial charge on any atom is 0.335 e. The van der Waals surface area contributed by atoms with Crippen LogP contribution in [0.2, 0.25) is 0 Å². The van der Waals surface area contributed by atoms with Crippen LogP contribution in [0, 0.1) is 13.8 Å². The van der Waals surface area contributed by atoms with E-state index < -0.39 is 5.97 Å². The van der Waals surface area contributed by atoms with Crippen molar-refractivity contribution in [1.29, 1.82) is 0 Å². The van der Waals surface area contributed by atoms with Gasteiger partial charge in [0.15, 0.2) is 0 Å². The summed E-state index contributed by atoms with van der Waals surface area (Å²) in [5, 5.41) is 8.99. The predicted molar refractivity (Wildman–Crippen MR) is 79.2 cm³/mol. The number of thiophene rings is 1. The minimum absolute atomic E-state index is 0.293. The van der Waals surface area contributed by atoms with E-state index in [4.69, 9.17) is 9.84 Å². The molecule has 0 saturated heterocycles. The second-order valence-corrected chi connectivity index (χ2v) is 6.79. The van der Waals surface area contributed by atoms with Crippen LogP contribution in [0.15, 0.2) is 28.1 Å². The number of rotatable bonds is 4. The molecule has 0 fully saturated rings. The van der Waals surface area contributed by atoms with Crippen LogP contribution in [0.5, 0.6) is 5.75 Å². The van der Waals surface area contributed by atoms with Gasteiger partial charge in [-0.1, -0.05) is 0 Å². The standard InChI is InChI=1S/C14H13BrO3S/c1-8-5-10(14(16)17)6-9(2)13(8)18-7-11-3-4-12(15)19-11/h3-6H,7H2,1-2H3,(H,16,17).